The summed E-state index contributed by atoms with van der Waals surface area (Å²) < 4.78 is 23.3. The number of hydrogen-bond acceptors (Lipinski definition) is 4. The maximum absolute atomic E-state index is 13.4. The molecule has 0 aliphatic rings. The Hall–Kier alpha value is -2.31. The van der Waals surface area contributed by atoms with E-state index in [0.29, 0.717) is 13.0 Å². The van der Waals surface area contributed by atoms with Gasteiger partial charge in [-0.2, -0.15) is 0 Å². The average Bonchev–Trinajstić information content (AvgIpc) is 2.63. The van der Waals surface area contributed by atoms with Crippen LogP contribution >= 0.6 is 23.2 Å². The van der Waals surface area contributed by atoms with E-state index < -0.39 is 24.3 Å². The third-order valence-corrected chi connectivity index (χ3v) is 4.06. The highest BCUT2D eigenvalue weighted by atomic mass is 35.5. The fourth-order valence-electron chi connectivity index (χ4n) is 2.08. The number of amides is 1. The van der Waals surface area contributed by atoms with Gasteiger partial charge in [-0.3, -0.25) is 4.79 Å². The van der Waals surface area contributed by atoms with Gasteiger partial charge in [0.15, 0.2) is 6.61 Å². The van der Waals surface area contributed by atoms with E-state index in [0.717, 1.165) is 23.4 Å². The zero-order valence-corrected chi connectivity index (χ0v) is 15.4. The summed E-state index contributed by atoms with van der Waals surface area (Å²) >= 11 is 11.4. The minimum Gasteiger partial charge on any atom is -0.497 e. The standard InChI is InChI=1S/C18H16Cl2FNO4/c1-25-12-4-2-11(3-5-12)6-7-22-17(23)10-26-18(24)13-8-16(21)15(20)9-14(13)19/h2-5,8-9H,6-7,10H2,1H3,(H,22,23). The molecule has 8 heteroatoms. The van der Waals surface area contributed by atoms with E-state index >= 15 is 0 Å². The second-order valence-corrected chi connectivity index (χ2v) is 6.08. The number of methoxy groups -OCH3 is 1. The molecule has 1 amide bonds. The first-order chi connectivity index (χ1) is 12.4. The summed E-state index contributed by atoms with van der Waals surface area (Å²) in [6.07, 6.45) is 0.609. The lowest BCUT2D eigenvalue weighted by atomic mass is 10.1. The Morgan fingerprint density at radius 3 is 2.46 bits per heavy atom. The Bertz CT molecular complexity index is 797. The smallest absolute Gasteiger partial charge is 0.340 e. The van der Waals surface area contributed by atoms with Crippen molar-refractivity contribution < 1.29 is 23.5 Å². The zero-order valence-electron chi connectivity index (χ0n) is 13.9. The molecule has 1 N–H and O–H groups in total. The van der Waals surface area contributed by atoms with Crippen LogP contribution in [0.4, 0.5) is 4.39 Å². The van der Waals surface area contributed by atoms with E-state index in [1.54, 1.807) is 7.11 Å². The Morgan fingerprint density at radius 2 is 1.81 bits per heavy atom. The van der Waals surface area contributed by atoms with Gasteiger partial charge in [-0.1, -0.05) is 35.3 Å². The minimum atomic E-state index is -0.907. The topological polar surface area (TPSA) is 64.6 Å². The van der Waals surface area contributed by atoms with Crippen molar-refractivity contribution in [3.05, 3.63) is 63.4 Å². The average molecular weight is 400 g/mol. The first-order valence-corrected chi connectivity index (χ1v) is 8.37. The molecule has 0 saturated carbocycles. The quantitative estimate of drug-likeness (QED) is 0.569. The van der Waals surface area contributed by atoms with Crippen molar-refractivity contribution in [2.75, 3.05) is 20.3 Å². The van der Waals surface area contributed by atoms with Gasteiger partial charge in [0.2, 0.25) is 0 Å². The van der Waals surface area contributed by atoms with Crippen molar-refractivity contribution in [1.82, 2.24) is 5.32 Å². The molecule has 0 aliphatic heterocycles. The highest BCUT2D eigenvalue weighted by Crippen LogP contribution is 2.24. The third-order valence-electron chi connectivity index (χ3n) is 3.46. The molecule has 0 spiro atoms. The molecule has 0 radical (unpaired) electrons. The SMILES string of the molecule is COc1ccc(CCNC(=O)COC(=O)c2cc(F)c(Cl)cc2Cl)cc1. The Labute approximate surface area is 160 Å². The Morgan fingerprint density at radius 1 is 1.12 bits per heavy atom. The Kier molecular flexibility index (Phi) is 7.24. The van der Waals surface area contributed by atoms with Crippen molar-refractivity contribution >= 4 is 35.1 Å². The van der Waals surface area contributed by atoms with Crippen molar-refractivity contribution in [3.8, 4) is 5.75 Å². The number of benzene rings is 2. The van der Waals surface area contributed by atoms with Crippen LogP contribution in [0.25, 0.3) is 0 Å². The molecular formula is C18H16Cl2FNO4. The number of nitrogens with one attached hydrogen (secondary N) is 1. The molecule has 2 aromatic rings. The third kappa shape index (κ3) is 5.61. The summed E-state index contributed by atoms with van der Waals surface area (Å²) in [7, 11) is 1.59. The second-order valence-electron chi connectivity index (χ2n) is 5.27. The molecule has 0 unspecified atom stereocenters. The van der Waals surface area contributed by atoms with Gasteiger partial charge in [0.25, 0.3) is 5.91 Å². The first kappa shape index (κ1) is 20.0. The molecule has 0 heterocycles. The zero-order chi connectivity index (χ0) is 19.1. The largest absolute Gasteiger partial charge is 0.497 e. The molecule has 2 rings (SSSR count). The lowest BCUT2D eigenvalue weighted by Crippen LogP contribution is -2.30. The van der Waals surface area contributed by atoms with Crippen LogP contribution in [-0.4, -0.2) is 32.1 Å². The lowest BCUT2D eigenvalue weighted by molar-refractivity contribution is -0.124. The van der Waals surface area contributed by atoms with Crippen molar-refractivity contribution in [2.45, 2.75) is 6.42 Å². The molecule has 26 heavy (non-hydrogen) atoms. The van der Waals surface area contributed by atoms with Gasteiger partial charge in [-0.25, -0.2) is 9.18 Å². The molecule has 2 aromatic carbocycles. The molecule has 0 saturated heterocycles. The first-order valence-electron chi connectivity index (χ1n) is 7.62. The number of carbonyl (C=O) groups excluding carboxylic acids is 2. The van der Waals surface area contributed by atoms with Crippen LogP contribution in [0.5, 0.6) is 5.75 Å². The van der Waals surface area contributed by atoms with Crippen molar-refractivity contribution in [1.29, 1.82) is 0 Å². The molecule has 0 aliphatic carbocycles. The van der Waals surface area contributed by atoms with Crippen LogP contribution in [0.3, 0.4) is 0 Å². The summed E-state index contributed by atoms with van der Waals surface area (Å²) in [6.45, 7) is -0.124. The van der Waals surface area contributed by atoms with E-state index in [1.807, 2.05) is 24.3 Å². The highest BCUT2D eigenvalue weighted by molar-refractivity contribution is 6.36. The van der Waals surface area contributed by atoms with E-state index in [1.165, 1.54) is 0 Å². The molecular weight excluding hydrogens is 384 g/mol. The van der Waals surface area contributed by atoms with Crippen molar-refractivity contribution in [2.24, 2.45) is 0 Å². The van der Waals surface area contributed by atoms with Gasteiger partial charge in [0.05, 0.1) is 22.7 Å². The van der Waals surface area contributed by atoms with Crippen LogP contribution in [0, 0.1) is 5.82 Å². The monoisotopic (exact) mass is 399 g/mol. The lowest BCUT2D eigenvalue weighted by Gasteiger charge is -2.08. The van der Waals surface area contributed by atoms with E-state index in [4.69, 9.17) is 32.7 Å². The number of rotatable bonds is 7. The number of esters is 1. The van der Waals surface area contributed by atoms with Gasteiger partial charge >= 0.3 is 5.97 Å². The molecule has 5 nitrogen and oxygen atoms in total. The molecule has 0 bridgehead atoms. The van der Waals surface area contributed by atoms with Gasteiger partial charge < -0.3 is 14.8 Å². The number of ether oxygens (including phenoxy) is 2. The summed E-state index contributed by atoms with van der Waals surface area (Å²) in [5.41, 5.74) is 0.825. The summed E-state index contributed by atoms with van der Waals surface area (Å²) in [5, 5.41) is 2.37. The fraction of sp³-hybridized carbons (Fsp3) is 0.222. The summed E-state index contributed by atoms with van der Waals surface area (Å²) in [4.78, 5) is 23.6. The molecule has 0 fully saturated rings. The summed E-state index contributed by atoms with van der Waals surface area (Å²) in [6, 6.07) is 9.41. The Balaban J connectivity index is 1.77. The summed E-state index contributed by atoms with van der Waals surface area (Å²) in [5.74, 6) is -1.43. The van der Waals surface area contributed by atoms with Gasteiger partial charge in [0, 0.05) is 6.54 Å². The minimum absolute atomic E-state index is 0.0543. The van der Waals surface area contributed by atoms with Gasteiger partial charge in [-0.05, 0) is 36.2 Å². The van der Waals surface area contributed by atoms with E-state index in [-0.39, 0.29) is 15.6 Å². The second kappa shape index (κ2) is 9.40. The predicted molar refractivity (Wildman–Crippen MR) is 96.4 cm³/mol. The van der Waals surface area contributed by atoms with E-state index in [9.17, 15) is 14.0 Å². The number of carbonyl (C=O) groups is 2. The van der Waals surface area contributed by atoms with Crippen LogP contribution in [0.15, 0.2) is 36.4 Å². The number of hydrogen-bond donors (Lipinski definition) is 1. The van der Waals surface area contributed by atoms with Gasteiger partial charge in [-0.15, -0.1) is 0 Å². The molecule has 0 aromatic heterocycles. The molecule has 138 valence electrons. The normalized spacial score (nSPS) is 10.3. The highest BCUT2D eigenvalue weighted by Gasteiger charge is 2.16. The number of halogens is 3. The van der Waals surface area contributed by atoms with Crippen LogP contribution in [-0.2, 0) is 16.0 Å². The maximum atomic E-state index is 13.4. The molecule has 0 atom stereocenters. The van der Waals surface area contributed by atoms with E-state index in [2.05, 4.69) is 5.32 Å². The van der Waals surface area contributed by atoms with Crippen LogP contribution in [0.1, 0.15) is 15.9 Å². The predicted octanol–water partition coefficient (Wildman–Crippen LogP) is 3.66. The van der Waals surface area contributed by atoms with Gasteiger partial charge in [0.1, 0.15) is 11.6 Å². The van der Waals surface area contributed by atoms with Crippen molar-refractivity contribution in [3.63, 3.8) is 0 Å². The van der Waals surface area contributed by atoms with Crippen LogP contribution in [0.2, 0.25) is 10.0 Å². The maximum Gasteiger partial charge on any atom is 0.340 e. The van der Waals surface area contributed by atoms with Crippen LogP contribution < -0.4 is 10.1 Å². The fourth-order valence-corrected chi connectivity index (χ4v) is 2.54.